The molecule has 4 heteroatoms. The van der Waals surface area contributed by atoms with Gasteiger partial charge in [-0.3, -0.25) is 0 Å². The van der Waals surface area contributed by atoms with Crippen LogP contribution >= 0.6 is 0 Å². The molecule has 0 unspecified atom stereocenters. The number of oxazole rings is 1. The van der Waals surface area contributed by atoms with Crippen LogP contribution in [0.4, 0.5) is 5.69 Å². The molecule has 0 N–H and O–H groups in total. The fraction of sp³-hybridized carbons (Fsp3) is 0.304. The van der Waals surface area contributed by atoms with Crippen LogP contribution in [0.15, 0.2) is 40.8 Å². The number of hydrogen-bond acceptors (Lipinski definition) is 3. The zero-order chi connectivity index (χ0) is 19.6. The summed E-state index contributed by atoms with van der Waals surface area (Å²) in [5.74, 6) is 0.574. The largest absolute Gasteiger partial charge is 0.397 e. The van der Waals surface area contributed by atoms with Gasteiger partial charge in [-0.15, -0.1) is 0 Å². The Bertz CT molecular complexity index is 1050. The number of aryl methyl sites for hydroxylation is 3. The van der Waals surface area contributed by atoms with Crippen molar-refractivity contribution in [1.82, 2.24) is 0 Å². The van der Waals surface area contributed by atoms with Crippen molar-refractivity contribution in [3.63, 3.8) is 0 Å². The van der Waals surface area contributed by atoms with Crippen LogP contribution in [0.1, 0.15) is 36.4 Å². The number of nitriles is 1. The van der Waals surface area contributed by atoms with E-state index in [-0.39, 0.29) is 0 Å². The molecule has 0 aliphatic carbocycles. The van der Waals surface area contributed by atoms with Gasteiger partial charge in [-0.2, -0.15) is 9.83 Å². The van der Waals surface area contributed by atoms with E-state index in [2.05, 4.69) is 56.0 Å². The van der Waals surface area contributed by atoms with Gasteiger partial charge in [-0.25, -0.2) is 0 Å². The number of anilines is 1. The third kappa shape index (κ3) is 3.59. The van der Waals surface area contributed by atoms with E-state index in [0.717, 1.165) is 40.9 Å². The minimum atomic E-state index is 0.519. The molecule has 0 radical (unpaired) electrons. The number of aromatic nitrogens is 1. The Morgan fingerprint density at radius 1 is 1.15 bits per heavy atom. The Labute approximate surface area is 161 Å². The smallest absolute Gasteiger partial charge is 0.392 e. The van der Waals surface area contributed by atoms with Crippen LogP contribution in [0.5, 0.6) is 0 Å². The first kappa shape index (κ1) is 18.7. The van der Waals surface area contributed by atoms with E-state index in [0.29, 0.717) is 11.5 Å². The van der Waals surface area contributed by atoms with E-state index >= 15 is 0 Å². The van der Waals surface area contributed by atoms with Gasteiger partial charge in [-0.05, 0) is 68.7 Å². The Morgan fingerprint density at radius 3 is 2.52 bits per heavy atom. The molecule has 0 aliphatic heterocycles. The molecular formula is C23H26N3O+. The average molecular weight is 360 g/mol. The molecule has 27 heavy (non-hydrogen) atoms. The predicted octanol–water partition coefficient (Wildman–Crippen LogP) is 4.78. The summed E-state index contributed by atoms with van der Waals surface area (Å²) in [6, 6.07) is 14.7. The third-order valence-electron chi connectivity index (χ3n) is 5.02. The molecule has 1 aromatic heterocycles. The summed E-state index contributed by atoms with van der Waals surface area (Å²) in [6.45, 7) is 10.4. The lowest BCUT2D eigenvalue weighted by Crippen LogP contribution is -2.30. The van der Waals surface area contributed by atoms with Crippen molar-refractivity contribution >= 4 is 28.4 Å². The van der Waals surface area contributed by atoms with Crippen LogP contribution in [0.25, 0.3) is 22.7 Å². The highest BCUT2D eigenvalue weighted by atomic mass is 16.4. The lowest BCUT2D eigenvalue weighted by molar-refractivity contribution is -0.652. The Morgan fingerprint density at radius 2 is 1.89 bits per heavy atom. The summed E-state index contributed by atoms with van der Waals surface area (Å²) in [5, 5.41) is 9.75. The van der Waals surface area contributed by atoms with E-state index in [1.807, 2.05) is 36.7 Å². The van der Waals surface area contributed by atoms with Crippen molar-refractivity contribution in [3.05, 3.63) is 59.0 Å². The molecule has 0 spiro atoms. The summed E-state index contributed by atoms with van der Waals surface area (Å²) in [5.41, 5.74) is 6.83. The van der Waals surface area contributed by atoms with Crippen LogP contribution in [-0.2, 0) is 7.05 Å². The zero-order valence-electron chi connectivity index (χ0n) is 16.7. The predicted molar refractivity (Wildman–Crippen MR) is 110 cm³/mol. The van der Waals surface area contributed by atoms with E-state index in [9.17, 15) is 5.26 Å². The van der Waals surface area contributed by atoms with E-state index in [1.54, 1.807) is 0 Å². The molecule has 138 valence electrons. The molecular weight excluding hydrogens is 334 g/mol. The summed E-state index contributed by atoms with van der Waals surface area (Å²) in [4.78, 5) is 2.31. The van der Waals surface area contributed by atoms with Gasteiger partial charge in [0.1, 0.15) is 13.1 Å². The van der Waals surface area contributed by atoms with Crippen molar-refractivity contribution in [1.29, 1.82) is 5.26 Å². The number of hydrogen-bond donors (Lipinski definition) is 0. The Hall–Kier alpha value is -3.06. The number of nitrogens with zero attached hydrogens (tertiary/aromatic N) is 3. The van der Waals surface area contributed by atoms with Gasteiger partial charge in [0.2, 0.25) is 5.58 Å². The number of fused-ring (bicyclic) bond motifs is 1. The fourth-order valence-electron chi connectivity index (χ4n) is 3.40. The van der Waals surface area contributed by atoms with Gasteiger partial charge >= 0.3 is 5.89 Å². The highest BCUT2D eigenvalue weighted by molar-refractivity contribution is 5.88. The first-order valence-electron chi connectivity index (χ1n) is 9.35. The molecule has 3 rings (SSSR count). The lowest BCUT2D eigenvalue weighted by atomic mass is 10.0. The van der Waals surface area contributed by atoms with Crippen molar-refractivity contribution in [3.8, 4) is 6.07 Å². The Kier molecular flexibility index (Phi) is 5.32. The van der Waals surface area contributed by atoms with E-state index in [1.165, 1.54) is 5.69 Å². The van der Waals surface area contributed by atoms with Crippen LogP contribution in [-0.4, -0.2) is 13.1 Å². The summed E-state index contributed by atoms with van der Waals surface area (Å²) >= 11 is 0. The molecule has 1 heterocycles. The lowest BCUT2D eigenvalue weighted by Gasteiger charge is -2.21. The van der Waals surface area contributed by atoms with Crippen LogP contribution in [0.3, 0.4) is 0 Å². The van der Waals surface area contributed by atoms with E-state index < -0.39 is 0 Å². The van der Waals surface area contributed by atoms with Gasteiger partial charge in [0, 0.05) is 24.8 Å². The molecule has 0 saturated heterocycles. The first-order valence-corrected chi connectivity index (χ1v) is 9.35. The second-order valence-electron chi connectivity index (χ2n) is 6.82. The first-order chi connectivity index (χ1) is 13.0. The highest BCUT2D eigenvalue weighted by Crippen LogP contribution is 2.25. The fourth-order valence-corrected chi connectivity index (χ4v) is 3.40. The van der Waals surface area contributed by atoms with Crippen LogP contribution < -0.4 is 9.47 Å². The Balaban J connectivity index is 2.05. The van der Waals surface area contributed by atoms with Crippen molar-refractivity contribution in [2.75, 3.05) is 18.0 Å². The van der Waals surface area contributed by atoms with Gasteiger partial charge in [0.15, 0.2) is 5.57 Å². The number of rotatable bonds is 5. The maximum absolute atomic E-state index is 9.75. The standard InChI is InChI=1S/C23H26N3O/c1-6-26(7-2)20-10-9-18(17(4)13-20)14-19(15-24)23-25(5)21-12-16(3)8-11-22(21)27-23/h8-14H,6-7H2,1-5H3/q+1. The third-order valence-corrected chi connectivity index (χ3v) is 5.02. The molecule has 0 amide bonds. The molecule has 0 fully saturated rings. The number of benzene rings is 2. The second kappa shape index (κ2) is 7.67. The normalized spacial score (nSPS) is 11.6. The quantitative estimate of drug-likeness (QED) is 0.486. The minimum absolute atomic E-state index is 0.519. The molecule has 0 atom stereocenters. The summed E-state index contributed by atoms with van der Waals surface area (Å²) in [6.07, 6.45) is 1.91. The highest BCUT2D eigenvalue weighted by Gasteiger charge is 2.23. The van der Waals surface area contributed by atoms with Crippen molar-refractivity contribution in [2.45, 2.75) is 27.7 Å². The van der Waals surface area contributed by atoms with Gasteiger partial charge in [0.25, 0.3) is 5.52 Å². The second-order valence-corrected chi connectivity index (χ2v) is 6.82. The number of allylic oxidation sites excluding steroid dienone is 1. The molecule has 0 bridgehead atoms. The maximum Gasteiger partial charge on any atom is 0.392 e. The summed E-state index contributed by atoms with van der Waals surface area (Å²) < 4.78 is 7.92. The minimum Gasteiger partial charge on any atom is -0.397 e. The molecule has 3 aromatic rings. The zero-order valence-corrected chi connectivity index (χ0v) is 16.7. The van der Waals surface area contributed by atoms with Crippen LogP contribution in [0.2, 0.25) is 0 Å². The SMILES string of the molecule is CCN(CC)c1ccc(/C=C(/C#N)c2oc3ccc(C)cc3[n+]2C)c(C)c1. The monoisotopic (exact) mass is 360 g/mol. The topological polar surface area (TPSA) is 44.1 Å². The van der Waals surface area contributed by atoms with Crippen molar-refractivity contribution in [2.24, 2.45) is 7.05 Å². The van der Waals surface area contributed by atoms with Crippen molar-refractivity contribution < 1.29 is 8.98 Å². The maximum atomic E-state index is 9.75. The molecule has 0 saturated carbocycles. The van der Waals surface area contributed by atoms with E-state index in [4.69, 9.17) is 4.42 Å². The summed E-state index contributed by atoms with van der Waals surface area (Å²) in [7, 11) is 1.93. The van der Waals surface area contributed by atoms with Gasteiger partial charge in [0.05, 0.1) is 0 Å². The molecule has 2 aromatic carbocycles. The van der Waals surface area contributed by atoms with Gasteiger partial charge in [-0.1, -0.05) is 12.1 Å². The molecule has 4 nitrogen and oxygen atoms in total. The average Bonchev–Trinajstić information content (AvgIpc) is 2.98. The van der Waals surface area contributed by atoms with Crippen LogP contribution in [0, 0.1) is 25.2 Å². The molecule has 0 aliphatic rings. The van der Waals surface area contributed by atoms with Gasteiger partial charge < -0.3 is 9.32 Å².